The summed E-state index contributed by atoms with van der Waals surface area (Å²) in [6.07, 6.45) is 2.63. The van der Waals surface area contributed by atoms with Gasteiger partial charge in [-0.3, -0.25) is 0 Å². The van der Waals surface area contributed by atoms with Crippen molar-refractivity contribution in [1.29, 1.82) is 0 Å². The monoisotopic (exact) mass is 287 g/mol. The Morgan fingerprint density at radius 1 is 1.00 bits per heavy atom. The van der Waals surface area contributed by atoms with Crippen LogP contribution in [-0.4, -0.2) is 12.3 Å². The summed E-state index contributed by atoms with van der Waals surface area (Å²) in [4.78, 5) is 2.50. The lowest BCUT2D eigenvalue weighted by atomic mass is 9.79. The zero-order valence-electron chi connectivity index (χ0n) is 14.6. The van der Waals surface area contributed by atoms with E-state index < -0.39 is 0 Å². The highest BCUT2D eigenvalue weighted by Crippen LogP contribution is 2.50. The van der Waals surface area contributed by atoms with Crippen LogP contribution in [0.2, 0.25) is 0 Å². The third kappa shape index (κ3) is 2.33. The van der Waals surface area contributed by atoms with Gasteiger partial charge in [0.25, 0.3) is 0 Å². The van der Waals surface area contributed by atoms with Gasteiger partial charge in [0, 0.05) is 18.0 Å². The molecule has 1 fully saturated rings. The van der Waals surface area contributed by atoms with Crippen LogP contribution in [0.5, 0.6) is 5.75 Å². The number of rotatable bonds is 0. The van der Waals surface area contributed by atoms with Crippen molar-refractivity contribution in [1.82, 2.24) is 0 Å². The van der Waals surface area contributed by atoms with Crippen molar-refractivity contribution in [2.24, 2.45) is 0 Å². The van der Waals surface area contributed by atoms with Crippen LogP contribution in [0.25, 0.3) is 0 Å². The molecule has 21 heavy (non-hydrogen) atoms. The molecule has 0 amide bonds. The predicted molar refractivity (Wildman–Crippen MR) is 89.4 cm³/mol. The van der Waals surface area contributed by atoms with E-state index in [0.29, 0.717) is 6.04 Å². The Balaban J connectivity index is 2.20. The molecule has 0 spiro atoms. The van der Waals surface area contributed by atoms with Crippen LogP contribution in [0.4, 0.5) is 5.69 Å². The van der Waals surface area contributed by atoms with Crippen LogP contribution in [0.15, 0.2) is 12.1 Å². The van der Waals surface area contributed by atoms with Gasteiger partial charge in [-0.1, -0.05) is 47.6 Å². The average molecular weight is 287 g/mol. The zero-order chi connectivity index (χ0) is 15.6. The largest absolute Gasteiger partial charge is 0.468 e. The number of hydrogen-bond donors (Lipinski definition) is 0. The number of ether oxygens (including phenoxy) is 1. The second-order valence-electron chi connectivity index (χ2n) is 8.78. The molecule has 2 heteroatoms. The van der Waals surface area contributed by atoms with E-state index >= 15 is 0 Å². The van der Waals surface area contributed by atoms with Gasteiger partial charge in [-0.15, -0.1) is 0 Å². The fraction of sp³-hybridized carbons (Fsp3) is 0.684. The van der Waals surface area contributed by atoms with Crippen LogP contribution in [-0.2, 0) is 10.8 Å². The Morgan fingerprint density at radius 3 is 2.24 bits per heavy atom. The lowest BCUT2D eigenvalue weighted by molar-refractivity contribution is 0.233. The van der Waals surface area contributed by atoms with Crippen molar-refractivity contribution in [2.45, 2.75) is 84.4 Å². The Labute approximate surface area is 129 Å². The summed E-state index contributed by atoms with van der Waals surface area (Å²) in [7, 11) is 0. The third-order valence-electron chi connectivity index (χ3n) is 4.89. The number of anilines is 1. The first-order valence-electron chi connectivity index (χ1n) is 8.23. The van der Waals surface area contributed by atoms with Crippen molar-refractivity contribution in [3.05, 3.63) is 23.3 Å². The van der Waals surface area contributed by atoms with Crippen LogP contribution in [0, 0.1) is 0 Å². The van der Waals surface area contributed by atoms with Gasteiger partial charge in [0.05, 0.1) is 5.69 Å². The first kappa shape index (κ1) is 14.7. The Bertz CT molecular complexity index is 562. The van der Waals surface area contributed by atoms with Crippen LogP contribution in [0.3, 0.4) is 0 Å². The first-order chi connectivity index (χ1) is 9.59. The second kappa shape index (κ2) is 4.41. The molecule has 0 N–H and O–H groups in total. The molecule has 1 saturated heterocycles. The summed E-state index contributed by atoms with van der Waals surface area (Å²) in [6, 6.07) is 5.32. The summed E-state index contributed by atoms with van der Waals surface area (Å²) < 4.78 is 6.35. The standard InChI is InChI=1S/C19H29NO/c1-12-8-9-16-20(12)15-11-13(18(2,3)4)10-14(17(15)21-16)19(5,6)7/h10-12,16H,8-9H2,1-7H3/t12-,16-/m0/s1. The Kier molecular flexibility index (Phi) is 3.10. The van der Waals surface area contributed by atoms with Gasteiger partial charge in [-0.25, -0.2) is 0 Å². The minimum absolute atomic E-state index is 0.105. The highest BCUT2D eigenvalue weighted by Gasteiger charge is 2.42. The highest BCUT2D eigenvalue weighted by molar-refractivity contribution is 5.70. The lowest BCUT2D eigenvalue weighted by Crippen LogP contribution is -2.32. The minimum Gasteiger partial charge on any atom is -0.468 e. The van der Waals surface area contributed by atoms with Gasteiger partial charge < -0.3 is 9.64 Å². The minimum atomic E-state index is 0.105. The zero-order valence-corrected chi connectivity index (χ0v) is 14.6. The maximum absolute atomic E-state index is 6.35. The van der Waals surface area contributed by atoms with Crippen molar-refractivity contribution >= 4 is 5.69 Å². The van der Waals surface area contributed by atoms with Gasteiger partial charge in [0.2, 0.25) is 0 Å². The first-order valence-corrected chi connectivity index (χ1v) is 8.23. The van der Waals surface area contributed by atoms with E-state index in [-0.39, 0.29) is 17.1 Å². The van der Waals surface area contributed by atoms with Crippen molar-refractivity contribution in [2.75, 3.05) is 4.90 Å². The molecule has 0 radical (unpaired) electrons. The van der Waals surface area contributed by atoms with E-state index in [0.717, 1.165) is 12.2 Å². The molecule has 2 aliphatic heterocycles. The van der Waals surface area contributed by atoms with Crippen molar-refractivity contribution in [3.8, 4) is 5.75 Å². The van der Waals surface area contributed by atoms with Crippen molar-refractivity contribution < 1.29 is 4.74 Å². The smallest absolute Gasteiger partial charge is 0.172 e. The van der Waals surface area contributed by atoms with E-state index in [1.807, 2.05) is 0 Å². The number of fused-ring (bicyclic) bond motifs is 3. The molecular formula is C19H29NO. The molecular weight excluding hydrogens is 258 g/mol. The quantitative estimate of drug-likeness (QED) is 0.666. The molecule has 2 atom stereocenters. The molecule has 0 aliphatic carbocycles. The normalized spacial score (nSPS) is 24.8. The number of nitrogens with zero attached hydrogens (tertiary/aromatic N) is 1. The molecule has 0 aromatic heterocycles. The molecule has 2 aliphatic rings. The summed E-state index contributed by atoms with van der Waals surface area (Å²) in [5.41, 5.74) is 4.35. The van der Waals surface area contributed by atoms with Gasteiger partial charge in [-0.05, 0) is 35.8 Å². The van der Waals surface area contributed by atoms with E-state index in [1.54, 1.807) is 0 Å². The molecule has 2 heterocycles. The highest BCUT2D eigenvalue weighted by atomic mass is 16.5. The summed E-state index contributed by atoms with van der Waals surface area (Å²) in [5, 5.41) is 0. The fourth-order valence-corrected chi connectivity index (χ4v) is 3.51. The number of benzene rings is 1. The average Bonchev–Trinajstić information content (AvgIpc) is 2.85. The molecule has 116 valence electrons. The summed E-state index contributed by atoms with van der Waals surface area (Å²) >= 11 is 0. The number of hydrogen-bond acceptors (Lipinski definition) is 2. The topological polar surface area (TPSA) is 12.5 Å². The molecule has 0 saturated carbocycles. The maximum atomic E-state index is 6.35. The van der Waals surface area contributed by atoms with Gasteiger partial charge >= 0.3 is 0 Å². The second-order valence-corrected chi connectivity index (χ2v) is 8.78. The maximum Gasteiger partial charge on any atom is 0.172 e. The van der Waals surface area contributed by atoms with Gasteiger partial charge in [-0.2, -0.15) is 0 Å². The van der Waals surface area contributed by atoms with E-state index in [4.69, 9.17) is 4.74 Å². The van der Waals surface area contributed by atoms with E-state index in [2.05, 4.69) is 65.5 Å². The summed E-state index contributed by atoms with van der Waals surface area (Å²) in [5.74, 6) is 1.13. The molecule has 0 bridgehead atoms. The lowest BCUT2D eigenvalue weighted by Gasteiger charge is -2.28. The Hall–Kier alpha value is -1.18. The fourth-order valence-electron chi connectivity index (χ4n) is 3.51. The molecule has 0 unspecified atom stereocenters. The molecule has 1 aromatic carbocycles. The van der Waals surface area contributed by atoms with Crippen LogP contribution in [0.1, 0.15) is 72.4 Å². The van der Waals surface area contributed by atoms with Gasteiger partial charge in [0.1, 0.15) is 5.75 Å². The Morgan fingerprint density at radius 2 is 1.67 bits per heavy atom. The van der Waals surface area contributed by atoms with E-state index in [1.165, 1.54) is 23.2 Å². The molecule has 3 rings (SSSR count). The third-order valence-corrected chi connectivity index (χ3v) is 4.89. The molecule has 1 aromatic rings. The van der Waals surface area contributed by atoms with Crippen molar-refractivity contribution in [3.63, 3.8) is 0 Å². The molecule has 2 nitrogen and oxygen atoms in total. The predicted octanol–water partition coefficient (Wildman–Crippen LogP) is 4.99. The van der Waals surface area contributed by atoms with Crippen LogP contribution >= 0.6 is 0 Å². The SMILES string of the molecule is C[C@H]1CC[C@@H]2Oc3c(cc(C(C)(C)C)cc3C(C)(C)C)N21. The van der Waals surface area contributed by atoms with Gasteiger partial charge in [0.15, 0.2) is 6.23 Å². The van der Waals surface area contributed by atoms with Crippen LogP contribution < -0.4 is 9.64 Å². The van der Waals surface area contributed by atoms with E-state index in [9.17, 15) is 0 Å². The summed E-state index contributed by atoms with van der Waals surface area (Å²) in [6.45, 7) is 16.0.